The highest BCUT2D eigenvalue weighted by molar-refractivity contribution is 5.88. The van der Waals surface area contributed by atoms with Crippen molar-refractivity contribution in [2.45, 2.75) is 325 Å². The maximum Gasteiger partial charge on any atom is 0.335 e. The van der Waals surface area contributed by atoms with Crippen molar-refractivity contribution in [3.05, 3.63) is 11.6 Å². The molecule has 0 aromatic rings. The highest BCUT2D eigenvalue weighted by Gasteiger charge is 2.86. The van der Waals surface area contributed by atoms with Gasteiger partial charge in [-0.3, -0.25) is 4.79 Å². The minimum absolute atomic E-state index is 0.0925. The Bertz CT molecular complexity index is 2980. The van der Waals surface area contributed by atoms with Crippen LogP contribution in [0.25, 0.3) is 0 Å². The van der Waals surface area contributed by atoms with Gasteiger partial charge in [0, 0.05) is 22.3 Å². The average molecular weight is 1450 g/mol. The molecule has 0 amide bonds. The standard InChI is InChI=1S/C69H110O32/c1-13-26(3)55(86)99-52-53(100-56(87)27(4)14-2)69-34(21-63(52,6)7)68(101-62(69)88)20-16-33-65(10)18-17-36(64(8,9)32(65)15-19-66(33,11)67(68,12)22-35(69)73)93-61-51(98-58-45(82)41(78)39(76)30(23-70)91-58)47(46(83)48(95-61)54(84)85)94-60-50(43(80)40(77)31(24-71)92-60)97-59-49(42(79)37(74)28(5)90-59)96-57-44(81)38(75)29(72)25-89-57/h13,27-53,57-62,70-83,88H,14-25H2,1-12H3,(H,84,85)/b26-13-/t27-,28+,29-,30-,31-,32+,33-,34+,35-,36+,37+,38+,39+,40+,41+,42-,43+,44-,45-,46+,47+,48+,49-,50-,51-,52+,53+,57+,58+,59+,60+,61-,62+,65+,66-,67+,68+,69-/m1/s1. The fraction of sp³-hybridized carbons (Fsp3) is 0.928. The molecule has 38 atom stereocenters. The molecule has 0 aromatic heterocycles. The monoisotopic (exact) mass is 1450 g/mol. The van der Waals surface area contributed by atoms with Gasteiger partial charge in [-0.05, 0) is 107 Å². The van der Waals surface area contributed by atoms with Gasteiger partial charge < -0.3 is 143 Å². The summed E-state index contributed by atoms with van der Waals surface area (Å²) in [7, 11) is 0. The second-order valence-electron chi connectivity index (χ2n) is 32.7. The molecule has 0 unspecified atom stereocenters. The number of aliphatic hydroxyl groups excluding tert-OH is 15. The number of carboxylic acids is 1. The summed E-state index contributed by atoms with van der Waals surface area (Å²) in [6.45, 7) is 20.2. The smallest absolute Gasteiger partial charge is 0.335 e. The van der Waals surface area contributed by atoms with Crippen LogP contribution in [0.5, 0.6) is 0 Å². The fourth-order valence-electron chi connectivity index (χ4n) is 20.4. The summed E-state index contributed by atoms with van der Waals surface area (Å²) in [6.07, 6.45) is -47.8. The van der Waals surface area contributed by atoms with Crippen LogP contribution >= 0.6 is 0 Å². The van der Waals surface area contributed by atoms with Crippen LogP contribution < -0.4 is 0 Å². The first-order valence-corrected chi connectivity index (χ1v) is 35.8. The van der Waals surface area contributed by atoms with Crippen LogP contribution in [0, 0.1) is 56.2 Å². The molecule has 11 rings (SSSR count). The van der Waals surface area contributed by atoms with Crippen LogP contribution in [0.4, 0.5) is 0 Å². The number of carbonyl (C=O) groups is 3. The zero-order valence-corrected chi connectivity index (χ0v) is 59.3. The predicted octanol–water partition coefficient (Wildman–Crippen LogP) is -2.39. The molecule has 16 N–H and O–H groups in total. The summed E-state index contributed by atoms with van der Waals surface area (Å²) < 4.78 is 81.6. The number of carboxylic acid groups (broad SMARTS) is 1. The Balaban J connectivity index is 0.913. The van der Waals surface area contributed by atoms with E-state index in [4.69, 9.17) is 61.6 Å². The second kappa shape index (κ2) is 28.9. The Kier molecular flexibility index (Phi) is 22.7. The third-order valence-corrected chi connectivity index (χ3v) is 26.7. The molecule has 6 heterocycles. The zero-order chi connectivity index (χ0) is 74.2. The van der Waals surface area contributed by atoms with E-state index in [1.54, 1.807) is 26.8 Å². The summed E-state index contributed by atoms with van der Waals surface area (Å²) >= 11 is 0. The number of rotatable bonds is 18. The van der Waals surface area contributed by atoms with E-state index in [2.05, 4.69) is 20.8 Å². The number of aliphatic hydroxyl groups is 15. The molecule has 101 heavy (non-hydrogen) atoms. The topological polar surface area (TPSA) is 495 Å². The van der Waals surface area contributed by atoms with Gasteiger partial charge in [-0.15, -0.1) is 0 Å². The minimum atomic E-state index is -2.37. The lowest BCUT2D eigenvalue weighted by molar-refractivity contribution is -0.411. The third-order valence-electron chi connectivity index (χ3n) is 26.7. The average Bonchev–Trinajstić information content (AvgIpc) is 1.51. The van der Waals surface area contributed by atoms with Crippen molar-refractivity contribution in [1.82, 2.24) is 0 Å². The fourth-order valence-corrected chi connectivity index (χ4v) is 20.4. The maximum atomic E-state index is 14.1. The number of allylic oxidation sites excluding steroid dienone is 1. The van der Waals surface area contributed by atoms with E-state index in [-0.39, 0.29) is 24.7 Å². The molecule has 5 aliphatic carbocycles. The Morgan fingerprint density at radius 1 is 0.574 bits per heavy atom. The van der Waals surface area contributed by atoms with E-state index >= 15 is 0 Å². The molecule has 1 spiro atoms. The van der Waals surface area contributed by atoms with E-state index < -0.39 is 266 Å². The van der Waals surface area contributed by atoms with Gasteiger partial charge in [-0.2, -0.15) is 0 Å². The van der Waals surface area contributed by atoms with Crippen molar-refractivity contribution in [1.29, 1.82) is 0 Å². The highest BCUT2D eigenvalue weighted by Crippen LogP contribution is 2.82. The number of hydrogen-bond acceptors (Lipinski definition) is 31. The molecule has 0 aromatic carbocycles. The first kappa shape index (κ1) is 79.2. The lowest BCUT2D eigenvalue weighted by atomic mass is 9.30. The van der Waals surface area contributed by atoms with Crippen molar-refractivity contribution in [2.75, 3.05) is 19.8 Å². The molecule has 6 saturated heterocycles. The van der Waals surface area contributed by atoms with Gasteiger partial charge in [0.25, 0.3) is 0 Å². The summed E-state index contributed by atoms with van der Waals surface area (Å²) in [4.78, 5) is 41.4. The van der Waals surface area contributed by atoms with Crippen LogP contribution in [0.2, 0.25) is 0 Å². The van der Waals surface area contributed by atoms with Gasteiger partial charge >= 0.3 is 17.9 Å². The molecule has 5 saturated carbocycles. The van der Waals surface area contributed by atoms with Gasteiger partial charge in [-0.1, -0.05) is 68.4 Å². The van der Waals surface area contributed by atoms with E-state index in [1.165, 1.54) is 6.92 Å². The summed E-state index contributed by atoms with van der Waals surface area (Å²) in [5.74, 6) is -4.43. The molecule has 32 heteroatoms. The highest BCUT2D eigenvalue weighted by atomic mass is 16.8. The Labute approximate surface area is 585 Å². The number of aliphatic carboxylic acids is 1. The molecule has 2 bridgehead atoms. The lowest BCUT2D eigenvalue weighted by Crippen LogP contribution is -2.77. The third kappa shape index (κ3) is 12.7. The van der Waals surface area contributed by atoms with Crippen molar-refractivity contribution in [3.8, 4) is 0 Å². The molecule has 11 fully saturated rings. The van der Waals surface area contributed by atoms with Crippen LogP contribution in [0.1, 0.15) is 141 Å². The lowest BCUT2D eigenvalue weighted by Gasteiger charge is -2.75. The van der Waals surface area contributed by atoms with Crippen molar-refractivity contribution < 1.29 is 158 Å². The summed E-state index contributed by atoms with van der Waals surface area (Å²) in [5, 5.41) is 181. The van der Waals surface area contributed by atoms with Gasteiger partial charge in [0.2, 0.25) is 0 Å². The number of carbonyl (C=O) groups excluding carboxylic acids is 2. The molecule has 0 radical (unpaired) electrons. The SMILES string of the molecule is C/C=C(/C)C(=O)O[C@H]1[C@H](OC(=O)[C@H](C)CC)[C@@]23[C@H](O)C[C@]4(C)[C@@](CC[C@@H]5[C@@]6(C)CC[C@H](O[C@@H]7O[C@H](C(=O)O)[C@@H](O)[C@H](O[C@@H]8O[C@H](CO)[C@H](O)[C@H](O)[C@H]8O[C@@H]8O[C@@H](C)[C@H](O)[C@@H](O)[C@H]8O[C@@H]8OC[C@@H](O)[C@H](O)[C@H]8O)[C@H]7O[C@@H]7O[C@H](CO)[C@H](O)[C@H](O)[C@H]7O)C(C)(C)[C@@H]6CC[C@]54C)(O[C@@H]2O)[C@@H]3CC1(C)C. The summed E-state index contributed by atoms with van der Waals surface area (Å²) in [6, 6.07) is 0. The predicted molar refractivity (Wildman–Crippen MR) is 339 cm³/mol. The van der Waals surface area contributed by atoms with Gasteiger partial charge in [0.1, 0.15) is 110 Å². The maximum absolute atomic E-state index is 14.1. The van der Waals surface area contributed by atoms with Crippen molar-refractivity contribution >= 4 is 17.9 Å². The van der Waals surface area contributed by atoms with E-state index in [0.29, 0.717) is 50.5 Å². The molecule has 578 valence electrons. The molecule has 6 aliphatic heterocycles. The second-order valence-corrected chi connectivity index (χ2v) is 32.7. The largest absolute Gasteiger partial charge is 0.479 e. The number of ether oxygens (including phenoxy) is 13. The molecular formula is C69H110O32. The molecule has 32 nitrogen and oxygen atoms in total. The van der Waals surface area contributed by atoms with Crippen molar-refractivity contribution in [3.63, 3.8) is 0 Å². The van der Waals surface area contributed by atoms with Gasteiger partial charge in [-0.25, -0.2) is 9.59 Å². The van der Waals surface area contributed by atoms with Crippen molar-refractivity contribution in [2.24, 2.45) is 56.2 Å². The quantitative estimate of drug-likeness (QED) is 0.0387. The van der Waals surface area contributed by atoms with E-state index in [0.717, 1.165) is 0 Å². The van der Waals surface area contributed by atoms with Crippen LogP contribution in [0.3, 0.4) is 0 Å². The Morgan fingerprint density at radius 3 is 1.76 bits per heavy atom. The first-order valence-electron chi connectivity index (χ1n) is 35.8. The van der Waals surface area contributed by atoms with E-state index in [9.17, 15) is 96.1 Å². The molecule has 11 aliphatic rings. The number of fused-ring (bicyclic) bond motifs is 4. The summed E-state index contributed by atoms with van der Waals surface area (Å²) in [5.41, 5.74) is -6.17. The normalized spacial score (nSPS) is 52.8. The van der Waals surface area contributed by atoms with Crippen LogP contribution in [0.15, 0.2) is 11.6 Å². The van der Waals surface area contributed by atoms with Gasteiger partial charge in [0.05, 0.1) is 55.1 Å². The Hall–Kier alpha value is -2.89. The minimum Gasteiger partial charge on any atom is -0.479 e. The molecular weight excluding hydrogens is 1340 g/mol. The van der Waals surface area contributed by atoms with Crippen LogP contribution in [-0.4, -0.2) is 303 Å². The number of esters is 2. The Morgan fingerprint density at radius 2 is 1.14 bits per heavy atom. The number of hydrogen-bond donors (Lipinski definition) is 16. The first-order chi connectivity index (χ1) is 47.2. The van der Waals surface area contributed by atoms with E-state index in [1.807, 2.05) is 34.6 Å². The zero-order valence-electron chi connectivity index (χ0n) is 59.3. The van der Waals surface area contributed by atoms with Gasteiger partial charge in [0.15, 0.2) is 49.9 Å². The van der Waals surface area contributed by atoms with Crippen LogP contribution in [-0.2, 0) is 76.0 Å².